The summed E-state index contributed by atoms with van der Waals surface area (Å²) in [6.45, 7) is 10.5. The summed E-state index contributed by atoms with van der Waals surface area (Å²) >= 11 is 0. The Hall–Kier alpha value is -1.79. The van der Waals surface area contributed by atoms with Crippen LogP contribution in [0.5, 0.6) is 5.75 Å². The molecule has 164 valence electrons. The van der Waals surface area contributed by atoms with Gasteiger partial charge in [0.25, 0.3) is 0 Å². The van der Waals surface area contributed by atoms with Crippen LogP contribution in [0.2, 0.25) is 0 Å². The first-order valence-corrected chi connectivity index (χ1v) is 11.3. The number of likely N-dealkylation sites (tertiary alicyclic amines) is 1. The molecular weight excluding hydrogens is 364 g/mol. The quantitative estimate of drug-likeness (QED) is 0.317. The zero-order valence-corrected chi connectivity index (χ0v) is 18.6. The van der Waals surface area contributed by atoms with Crippen molar-refractivity contribution < 1.29 is 9.47 Å². The highest BCUT2D eigenvalue weighted by Gasteiger charge is 2.24. The van der Waals surface area contributed by atoms with Crippen LogP contribution >= 0.6 is 0 Å². The summed E-state index contributed by atoms with van der Waals surface area (Å²) in [5.41, 5.74) is 1.23. The maximum absolute atomic E-state index is 5.66. The molecule has 0 bridgehead atoms. The second-order valence-corrected chi connectivity index (χ2v) is 7.40. The topological polar surface area (TPSA) is 58.1 Å². The third-order valence-corrected chi connectivity index (χ3v) is 5.31. The Morgan fingerprint density at radius 1 is 1.10 bits per heavy atom. The molecule has 1 aliphatic rings. The molecule has 1 fully saturated rings. The van der Waals surface area contributed by atoms with Gasteiger partial charge in [0, 0.05) is 31.9 Å². The summed E-state index contributed by atoms with van der Waals surface area (Å²) in [5, 5.41) is 6.85. The lowest BCUT2D eigenvalue weighted by Gasteiger charge is -2.34. The number of rotatable bonds is 12. The lowest BCUT2D eigenvalue weighted by Crippen LogP contribution is -2.40. The summed E-state index contributed by atoms with van der Waals surface area (Å²) in [5.74, 6) is 1.84. The van der Waals surface area contributed by atoms with E-state index in [0.717, 1.165) is 63.9 Å². The summed E-state index contributed by atoms with van der Waals surface area (Å²) in [6.07, 6.45) is 5.98. The second kappa shape index (κ2) is 14.2. The molecule has 1 aromatic rings. The van der Waals surface area contributed by atoms with Crippen LogP contribution in [0.1, 0.15) is 57.6 Å². The maximum atomic E-state index is 5.66. The van der Waals surface area contributed by atoms with Crippen molar-refractivity contribution in [2.75, 3.05) is 53.0 Å². The van der Waals surface area contributed by atoms with Crippen LogP contribution in [0, 0.1) is 0 Å². The zero-order valence-electron chi connectivity index (χ0n) is 18.6. The van der Waals surface area contributed by atoms with Crippen LogP contribution in [0.3, 0.4) is 0 Å². The minimum Gasteiger partial charge on any atom is -0.496 e. The van der Waals surface area contributed by atoms with Gasteiger partial charge < -0.3 is 20.1 Å². The van der Waals surface area contributed by atoms with Crippen LogP contribution < -0.4 is 15.4 Å². The zero-order chi connectivity index (χ0) is 20.7. The van der Waals surface area contributed by atoms with Gasteiger partial charge in [-0.25, -0.2) is 0 Å². The molecule has 0 aliphatic carbocycles. The Balaban J connectivity index is 2.04. The number of aliphatic imine (C=N–C) groups is 1. The number of nitrogens with one attached hydrogen (secondary N) is 2. The minimum atomic E-state index is 0.236. The summed E-state index contributed by atoms with van der Waals surface area (Å²) in [4.78, 5) is 7.51. The Morgan fingerprint density at radius 2 is 1.90 bits per heavy atom. The van der Waals surface area contributed by atoms with E-state index >= 15 is 0 Å². The molecule has 1 saturated heterocycles. The van der Waals surface area contributed by atoms with Crippen LogP contribution in [-0.4, -0.2) is 63.9 Å². The summed E-state index contributed by atoms with van der Waals surface area (Å²) in [6, 6.07) is 8.60. The molecule has 0 amide bonds. The third kappa shape index (κ3) is 8.23. The number of hydrogen-bond donors (Lipinski definition) is 2. The lowest BCUT2D eigenvalue weighted by atomic mass is 10.0. The molecule has 0 aromatic heterocycles. The van der Waals surface area contributed by atoms with Gasteiger partial charge in [-0.15, -0.1) is 0 Å². The van der Waals surface area contributed by atoms with Crippen molar-refractivity contribution in [3.8, 4) is 5.75 Å². The van der Waals surface area contributed by atoms with Gasteiger partial charge in [-0.1, -0.05) is 24.6 Å². The smallest absolute Gasteiger partial charge is 0.191 e. The number of nitrogens with zero attached hydrogens (tertiary/aromatic N) is 2. The highest BCUT2D eigenvalue weighted by molar-refractivity contribution is 5.79. The Kier molecular flexibility index (Phi) is 11.5. The van der Waals surface area contributed by atoms with Crippen LogP contribution in [0.15, 0.2) is 29.3 Å². The third-order valence-electron chi connectivity index (χ3n) is 5.31. The number of methoxy groups -OCH3 is 1. The lowest BCUT2D eigenvalue weighted by molar-refractivity contribution is 0.143. The van der Waals surface area contributed by atoms with Crippen molar-refractivity contribution in [1.29, 1.82) is 0 Å². The number of piperidine rings is 1. The predicted molar refractivity (Wildman–Crippen MR) is 121 cm³/mol. The van der Waals surface area contributed by atoms with Crippen LogP contribution in [0.25, 0.3) is 0 Å². The second-order valence-electron chi connectivity index (χ2n) is 7.40. The first-order valence-electron chi connectivity index (χ1n) is 11.3. The van der Waals surface area contributed by atoms with E-state index < -0.39 is 0 Å². The molecule has 0 saturated carbocycles. The van der Waals surface area contributed by atoms with Gasteiger partial charge in [0.1, 0.15) is 5.75 Å². The minimum absolute atomic E-state index is 0.236. The van der Waals surface area contributed by atoms with Crippen LogP contribution in [-0.2, 0) is 4.74 Å². The standard InChI is InChI=1S/C23H40N4O2/c1-4-24-23(25-15-9-12-18-29-5-2)26-19-21(27-16-10-6-11-17-27)20-13-7-8-14-22(20)28-3/h7-8,13-14,21H,4-6,9-12,15-19H2,1-3H3,(H2,24,25,26). The molecular formula is C23H40N4O2. The Labute approximate surface area is 177 Å². The average molecular weight is 405 g/mol. The number of hydrogen-bond acceptors (Lipinski definition) is 4. The molecule has 1 atom stereocenters. The van der Waals surface area contributed by atoms with Crippen LogP contribution in [0.4, 0.5) is 0 Å². The Morgan fingerprint density at radius 3 is 2.62 bits per heavy atom. The first-order chi connectivity index (χ1) is 14.3. The normalized spacial score (nSPS) is 16.4. The molecule has 1 aromatic carbocycles. The average Bonchev–Trinajstić information content (AvgIpc) is 2.77. The number of para-hydroxylation sites is 1. The fourth-order valence-electron chi connectivity index (χ4n) is 3.78. The van der Waals surface area contributed by atoms with E-state index in [4.69, 9.17) is 14.5 Å². The maximum Gasteiger partial charge on any atom is 0.191 e. The number of guanidine groups is 1. The summed E-state index contributed by atoms with van der Waals surface area (Å²) in [7, 11) is 1.75. The number of ether oxygens (including phenoxy) is 2. The van der Waals surface area contributed by atoms with Gasteiger partial charge in [-0.2, -0.15) is 0 Å². The molecule has 0 spiro atoms. The van der Waals surface area contributed by atoms with E-state index in [0.29, 0.717) is 6.54 Å². The van der Waals surface area contributed by atoms with Gasteiger partial charge in [-0.3, -0.25) is 9.89 Å². The van der Waals surface area contributed by atoms with Crippen molar-refractivity contribution in [2.24, 2.45) is 4.99 Å². The molecule has 6 nitrogen and oxygen atoms in total. The largest absolute Gasteiger partial charge is 0.496 e. The van der Waals surface area contributed by atoms with E-state index in [2.05, 4.69) is 40.7 Å². The molecule has 1 aliphatic heterocycles. The van der Waals surface area contributed by atoms with E-state index in [-0.39, 0.29) is 6.04 Å². The van der Waals surface area contributed by atoms with Gasteiger partial charge in [0.2, 0.25) is 0 Å². The fourth-order valence-corrected chi connectivity index (χ4v) is 3.78. The Bertz CT molecular complexity index is 588. The van der Waals surface area contributed by atoms with Gasteiger partial charge in [0.15, 0.2) is 5.96 Å². The monoisotopic (exact) mass is 404 g/mol. The number of benzene rings is 1. The van der Waals surface area contributed by atoms with E-state index in [1.807, 2.05) is 13.0 Å². The van der Waals surface area contributed by atoms with E-state index in [1.54, 1.807) is 7.11 Å². The number of unbranched alkanes of at least 4 members (excludes halogenated alkanes) is 1. The molecule has 0 radical (unpaired) electrons. The summed E-state index contributed by atoms with van der Waals surface area (Å²) < 4.78 is 11.1. The molecule has 6 heteroatoms. The van der Waals surface area contributed by atoms with Gasteiger partial charge in [0.05, 0.1) is 19.7 Å². The van der Waals surface area contributed by atoms with Gasteiger partial charge >= 0.3 is 0 Å². The van der Waals surface area contributed by atoms with Crippen molar-refractivity contribution in [1.82, 2.24) is 15.5 Å². The first kappa shape index (κ1) is 23.5. The van der Waals surface area contributed by atoms with Crippen molar-refractivity contribution in [3.05, 3.63) is 29.8 Å². The van der Waals surface area contributed by atoms with Crippen molar-refractivity contribution >= 4 is 5.96 Å². The van der Waals surface area contributed by atoms with Crippen molar-refractivity contribution in [3.63, 3.8) is 0 Å². The fraction of sp³-hybridized carbons (Fsp3) is 0.696. The molecule has 1 heterocycles. The highest BCUT2D eigenvalue weighted by atomic mass is 16.5. The van der Waals surface area contributed by atoms with Crippen molar-refractivity contribution in [2.45, 2.75) is 52.0 Å². The van der Waals surface area contributed by atoms with E-state index in [1.165, 1.54) is 24.8 Å². The van der Waals surface area contributed by atoms with E-state index in [9.17, 15) is 0 Å². The SMILES string of the molecule is CCNC(=NCC(c1ccccc1OC)N1CCCCC1)NCCCCOCC. The molecule has 29 heavy (non-hydrogen) atoms. The molecule has 1 unspecified atom stereocenters. The van der Waals surface area contributed by atoms with Gasteiger partial charge in [-0.05, 0) is 58.7 Å². The molecule has 2 rings (SSSR count). The molecule has 2 N–H and O–H groups in total. The predicted octanol–water partition coefficient (Wildman–Crippen LogP) is 3.59. The highest BCUT2D eigenvalue weighted by Crippen LogP contribution is 2.31.